The summed E-state index contributed by atoms with van der Waals surface area (Å²) in [7, 11) is -2.94. The third kappa shape index (κ3) is 2.69. The molecule has 0 aliphatic carbocycles. The molecule has 94 valence electrons. The first-order valence-corrected chi connectivity index (χ1v) is 7.78. The van der Waals surface area contributed by atoms with Crippen molar-refractivity contribution in [2.45, 2.75) is 31.6 Å². The van der Waals surface area contributed by atoms with Gasteiger partial charge in [-0.25, -0.2) is 8.42 Å². The van der Waals surface area contributed by atoms with Gasteiger partial charge < -0.3 is 5.32 Å². The highest BCUT2D eigenvalue weighted by molar-refractivity contribution is 7.92. The summed E-state index contributed by atoms with van der Waals surface area (Å²) in [5, 5.41) is 3.03. The maximum Gasteiger partial charge on any atom is 0.156 e. The minimum Gasteiger partial charge on any atom is -0.308 e. The van der Waals surface area contributed by atoms with E-state index in [4.69, 9.17) is 0 Å². The van der Waals surface area contributed by atoms with Gasteiger partial charge in [0.2, 0.25) is 0 Å². The topological polar surface area (TPSA) is 46.2 Å². The number of sulfone groups is 1. The van der Waals surface area contributed by atoms with Crippen LogP contribution >= 0.6 is 0 Å². The van der Waals surface area contributed by atoms with Crippen LogP contribution in [-0.4, -0.2) is 26.0 Å². The largest absolute Gasteiger partial charge is 0.308 e. The Balaban J connectivity index is 2.18. The molecule has 0 spiro atoms. The Morgan fingerprint density at radius 3 is 2.47 bits per heavy atom. The molecule has 0 aromatic heterocycles. The second-order valence-electron chi connectivity index (χ2n) is 4.70. The Bertz CT molecular complexity index is 479. The number of rotatable bonds is 2. The van der Waals surface area contributed by atoms with E-state index in [0.29, 0.717) is 6.54 Å². The molecular weight excluding hydrogens is 234 g/mol. The number of nitrogens with one attached hydrogen (secondary N) is 1. The maximum absolute atomic E-state index is 11.8. The van der Waals surface area contributed by atoms with Crippen LogP contribution in [0.3, 0.4) is 0 Å². The van der Waals surface area contributed by atoms with Gasteiger partial charge in [-0.3, -0.25) is 0 Å². The van der Waals surface area contributed by atoms with Crippen LogP contribution in [0.5, 0.6) is 0 Å². The summed E-state index contributed by atoms with van der Waals surface area (Å²) in [4.78, 5) is 0. The van der Waals surface area contributed by atoms with Crippen molar-refractivity contribution < 1.29 is 8.42 Å². The van der Waals surface area contributed by atoms with E-state index in [9.17, 15) is 8.42 Å². The number of aryl methyl sites for hydroxylation is 1. The van der Waals surface area contributed by atoms with Gasteiger partial charge in [0, 0.05) is 12.6 Å². The van der Waals surface area contributed by atoms with Crippen molar-refractivity contribution in [3.8, 4) is 0 Å². The van der Waals surface area contributed by atoms with E-state index in [1.54, 1.807) is 6.92 Å². The van der Waals surface area contributed by atoms with Gasteiger partial charge >= 0.3 is 0 Å². The Labute approximate surface area is 103 Å². The summed E-state index contributed by atoms with van der Waals surface area (Å²) in [6.07, 6.45) is 1.01. The van der Waals surface area contributed by atoms with Crippen LogP contribution in [0.15, 0.2) is 24.3 Å². The third-order valence-corrected chi connectivity index (χ3v) is 5.64. The fourth-order valence-electron chi connectivity index (χ4n) is 2.09. The van der Waals surface area contributed by atoms with Crippen molar-refractivity contribution in [2.24, 2.45) is 0 Å². The highest BCUT2D eigenvalue weighted by atomic mass is 32.2. The molecule has 1 saturated heterocycles. The normalized spacial score (nSPS) is 27.9. The molecule has 1 aliphatic heterocycles. The standard InChI is InChI=1S/C13H19NO2S/c1-3-11-4-6-12(7-5-11)13-9-17(15,16)10(2)8-14-13/h4-7,10,13-14H,3,8-9H2,1-2H3. The van der Waals surface area contributed by atoms with Crippen molar-refractivity contribution in [3.05, 3.63) is 35.4 Å². The Hall–Kier alpha value is -0.870. The van der Waals surface area contributed by atoms with E-state index in [2.05, 4.69) is 24.4 Å². The number of benzene rings is 1. The quantitative estimate of drug-likeness (QED) is 0.872. The average molecular weight is 253 g/mol. The van der Waals surface area contributed by atoms with Crippen LogP contribution < -0.4 is 5.32 Å². The van der Waals surface area contributed by atoms with Gasteiger partial charge in [0.15, 0.2) is 9.84 Å². The lowest BCUT2D eigenvalue weighted by Crippen LogP contribution is -2.44. The van der Waals surface area contributed by atoms with Gasteiger partial charge in [-0.15, -0.1) is 0 Å². The van der Waals surface area contributed by atoms with E-state index >= 15 is 0 Å². The Kier molecular flexibility index (Phi) is 3.54. The molecule has 2 unspecified atom stereocenters. The van der Waals surface area contributed by atoms with E-state index in [1.165, 1.54) is 5.56 Å². The second-order valence-corrected chi connectivity index (χ2v) is 7.16. The molecule has 1 fully saturated rings. The highest BCUT2D eigenvalue weighted by Gasteiger charge is 2.31. The smallest absolute Gasteiger partial charge is 0.156 e. The van der Waals surface area contributed by atoms with Gasteiger partial charge in [-0.1, -0.05) is 31.2 Å². The van der Waals surface area contributed by atoms with Gasteiger partial charge in [-0.05, 0) is 24.5 Å². The lowest BCUT2D eigenvalue weighted by Gasteiger charge is -2.28. The molecule has 2 atom stereocenters. The van der Waals surface area contributed by atoms with Crippen LogP contribution in [0.4, 0.5) is 0 Å². The number of hydrogen-bond acceptors (Lipinski definition) is 3. The highest BCUT2D eigenvalue weighted by Crippen LogP contribution is 2.22. The third-order valence-electron chi connectivity index (χ3n) is 3.45. The summed E-state index contributed by atoms with van der Waals surface area (Å²) in [5.41, 5.74) is 2.35. The van der Waals surface area contributed by atoms with Crippen molar-refractivity contribution in [3.63, 3.8) is 0 Å². The first kappa shape index (κ1) is 12.6. The number of hydrogen-bond donors (Lipinski definition) is 1. The van der Waals surface area contributed by atoms with Gasteiger partial charge in [0.25, 0.3) is 0 Å². The zero-order chi connectivity index (χ0) is 12.5. The molecule has 3 nitrogen and oxygen atoms in total. The van der Waals surface area contributed by atoms with Crippen LogP contribution in [0.1, 0.15) is 31.0 Å². The summed E-state index contributed by atoms with van der Waals surface area (Å²) < 4.78 is 23.7. The van der Waals surface area contributed by atoms with Crippen molar-refractivity contribution in [2.75, 3.05) is 12.3 Å². The minimum absolute atomic E-state index is 0.0536. The molecule has 0 radical (unpaired) electrons. The molecule has 4 heteroatoms. The molecule has 1 heterocycles. The monoisotopic (exact) mass is 253 g/mol. The SMILES string of the molecule is CCc1ccc(C2CS(=O)(=O)C(C)CN2)cc1. The summed E-state index contributed by atoms with van der Waals surface area (Å²) in [5.74, 6) is 0.208. The van der Waals surface area contributed by atoms with Crippen LogP contribution in [-0.2, 0) is 16.3 Å². The predicted octanol–water partition coefficient (Wildman–Crippen LogP) is 1.70. The molecule has 17 heavy (non-hydrogen) atoms. The predicted molar refractivity (Wildman–Crippen MR) is 69.8 cm³/mol. The fraction of sp³-hybridized carbons (Fsp3) is 0.538. The van der Waals surface area contributed by atoms with Gasteiger partial charge in [0.05, 0.1) is 11.0 Å². The Morgan fingerprint density at radius 1 is 1.29 bits per heavy atom. The minimum atomic E-state index is -2.94. The molecular formula is C13H19NO2S. The zero-order valence-electron chi connectivity index (χ0n) is 10.3. The van der Waals surface area contributed by atoms with Crippen molar-refractivity contribution in [1.29, 1.82) is 0 Å². The molecule has 1 N–H and O–H groups in total. The lowest BCUT2D eigenvalue weighted by molar-refractivity contribution is 0.502. The summed E-state index contributed by atoms with van der Waals surface area (Å²) >= 11 is 0. The van der Waals surface area contributed by atoms with E-state index in [0.717, 1.165) is 12.0 Å². The van der Waals surface area contributed by atoms with E-state index < -0.39 is 9.84 Å². The molecule has 1 aliphatic rings. The van der Waals surface area contributed by atoms with Crippen LogP contribution in [0.25, 0.3) is 0 Å². The summed E-state index contributed by atoms with van der Waals surface area (Å²) in [6, 6.07) is 8.15. The second kappa shape index (κ2) is 4.78. The lowest BCUT2D eigenvalue weighted by atomic mass is 10.0. The maximum atomic E-state index is 11.8. The van der Waals surface area contributed by atoms with Gasteiger partial charge in [0.1, 0.15) is 0 Å². The molecule has 0 saturated carbocycles. The first-order valence-electron chi connectivity index (χ1n) is 6.06. The van der Waals surface area contributed by atoms with Gasteiger partial charge in [-0.2, -0.15) is 0 Å². The van der Waals surface area contributed by atoms with E-state index in [1.807, 2.05) is 12.1 Å². The van der Waals surface area contributed by atoms with Crippen LogP contribution in [0.2, 0.25) is 0 Å². The molecule has 0 amide bonds. The van der Waals surface area contributed by atoms with Crippen molar-refractivity contribution >= 4 is 9.84 Å². The molecule has 2 rings (SSSR count). The summed E-state index contributed by atoms with van der Waals surface area (Å²) in [6.45, 7) is 4.42. The molecule has 0 bridgehead atoms. The average Bonchev–Trinajstić information content (AvgIpc) is 2.33. The fourth-order valence-corrected chi connectivity index (χ4v) is 3.54. The molecule has 1 aromatic carbocycles. The van der Waals surface area contributed by atoms with E-state index in [-0.39, 0.29) is 17.0 Å². The van der Waals surface area contributed by atoms with Crippen molar-refractivity contribution in [1.82, 2.24) is 5.32 Å². The zero-order valence-corrected chi connectivity index (χ0v) is 11.1. The molecule has 1 aromatic rings. The van der Waals surface area contributed by atoms with Crippen LogP contribution in [0, 0.1) is 0 Å². The first-order chi connectivity index (χ1) is 8.03. The Morgan fingerprint density at radius 2 is 1.94 bits per heavy atom.